The maximum atomic E-state index is 11.4. The Morgan fingerprint density at radius 1 is 0.929 bits per heavy atom. The molecule has 0 bridgehead atoms. The molecule has 0 radical (unpaired) electrons. The Kier molecular flexibility index (Phi) is 3.86. The van der Waals surface area contributed by atoms with Gasteiger partial charge in [0.15, 0.2) is 12.4 Å². The average Bonchev–Trinajstić information content (AvgIpc) is 1.95. The zero-order valence-electron chi connectivity index (χ0n) is 9.93. The lowest BCUT2D eigenvalue weighted by atomic mass is 9.91. The van der Waals surface area contributed by atoms with Crippen LogP contribution in [0.25, 0.3) is 0 Å². The fourth-order valence-electron chi connectivity index (χ4n) is 0.564. The largest absolute Gasteiger partial charge is 0.457 e. The van der Waals surface area contributed by atoms with Gasteiger partial charge in [0.25, 0.3) is 0 Å². The average molecular weight is 200 g/mol. The lowest BCUT2D eigenvalue weighted by molar-refractivity contribution is -0.157. The van der Waals surface area contributed by atoms with E-state index in [1.165, 1.54) is 0 Å². The number of hydrogen-bond donors (Lipinski definition) is 0. The summed E-state index contributed by atoms with van der Waals surface area (Å²) in [5, 5.41) is 0. The van der Waals surface area contributed by atoms with E-state index >= 15 is 0 Å². The molecule has 0 aliphatic heterocycles. The van der Waals surface area contributed by atoms with Crippen molar-refractivity contribution in [2.24, 2.45) is 10.8 Å². The highest BCUT2D eigenvalue weighted by atomic mass is 16.5. The van der Waals surface area contributed by atoms with Crippen LogP contribution >= 0.6 is 0 Å². The van der Waals surface area contributed by atoms with Crippen LogP contribution in [0.15, 0.2) is 0 Å². The number of Topliss-reactive ketones (excluding diaryl/α,β-unsaturated/α-hetero) is 1. The summed E-state index contributed by atoms with van der Waals surface area (Å²) in [5.41, 5.74) is -0.990. The molecule has 0 aliphatic rings. The van der Waals surface area contributed by atoms with Crippen LogP contribution in [0.5, 0.6) is 0 Å². The number of esters is 1. The Morgan fingerprint density at radius 2 is 1.36 bits per heavy atom. The molecule has 0 heterocycles. The van der Waals surface area contributed by atoms with Crippen molar-refractivity contribution in [3.05, 3.63) is 0 Å². The van der Waals surface area contributed by atoms with E-state index in [2.05, 4.69) is 0 Å². The lowest BCUT2D eigenvalue weighted by Crippen LogP contribution is -2.30. The highest BCUT2D eigenvalue weighted by Gasteiger charge is 2.27. The van der Waals surface area contributed by atoms with Crippen LogP contribution in [0.3, 0.4) is 0 Å². The first-order chi connectivity index (χ1) is 6.05. The van der Waals surface area contributed by atoms with Gasteiger partial charge in [-0.3, -0.25) is 9.59 Å². The van der Waals surface area contributed by atoms with E-state index in [9.17, 15) is 9.59 Å². The smallest absolute Gasteiger partial charge is 0.311 e. The van der Waals surface area contributed by atoms with Gasteiger partial charge in [0.05, 0.1) is 5.41 Å². The number of ether oxygens (including phenoxy) is 1. The van der Waals surface area contributed by atoms with E-state index in [0.29, 0.717) is 0 Å². The summed E-state index contributed by atoms with van der Waals surface area (Å²) in [4.78, 5) is 22.7. The summed E-state index contributed by atoms with van der Waals surface area (Å²) < 4.78 is 4.91. The van der Waals surface area contributed by atoms with Gasteiger partial charge in [0.2, 0.25) is 0 Å². The number of carbonyl (C=O) groups excluding carboxylic acids is 2. The molecule has 82 valence electrons. The maximum absolute atomic E-state index is 11.4. The van der Waals surface area contributed by atoms with Gasteiger partial charge in [-0.15, -0.1) is 0 Å². The molecule has 14 heavy (non-hydrogen) atoms. The molecule has 0 atom stereocenters. The Labute approximate surface area is 85.8 Å². The normalized spacial score (nSPS) is 12.4. The molecule has 0 aromatic heterocycles. The van der Waals surface area contributed by atoms with Crippen LogP contribution in [0, 0.1) is 10.8 Å². The minimum Gasteiger partial charge on any atom is -0.457 e. The van der Waals surface area contributed by atoms with Gasteiger partial charge >= 0.3 is 5.97 Å². The van der Waals surface area contributed by atoms with Crippen molar-refractivity contribution in [1.29, 1.82) is 0 Å². The molecule has 0 unspecified atom stereocenters. The molecule has 0 aromatic carbocycles. The van der Waals surface area contributed by atoms with Gasteiger partial charge in [-0.25, -0.2) is 0 Å². The predicted molar refractivity (Wildman–Crippen MR) is 54.9 cm³/mol. The topological polar surface area (TPSA) is 43.4 Å². The molecular formula is C11H20O3. The highest BCUT2D eigenvalue weighted by molar-refractivity contribution is 5.87. The zero-order chi connectivity index (χ0) is 11.6. The van der Waals surface area contributed by atoms with E-state index < -0.39 is 10.8 Å². The third kappa shape index (κ3) is 4.40. The van der Waals surface area contributed by atoms with Crippen molar-refractivity contribution in [2.45, 2.75) is 41.5 Å². The minimum atomic E-state index is -0.543. The summed E-state index contributed by atoms with van der Waals surface area (Å²) >= 11 is 0. The molecule has 0 rings (SSSR count). The number of carbonyl (C=O) groups is 2. The van der Waals surface area contributed by atoms with E-state index in [1.807, 2.05) is 0 Å². The molecule has 0 saturated heterocycles. The quantitative estimate of drug-likeness (QED) is 0.642. The highest BCUT2D eigenvalue weighted by Crippen LogP contribution is 2.18. The third-order valence-corrected chi connectivity index (χ3v) is 1.78. The van der Waals surface area contributed by atoms with Crippen LogP contribution in [-0.4, -0.2) is 18.4 Å². The van der Waals surface area contributed by atoms with Crippen LogP contribution in [0.4, 0.5) is 0 Å². The van der Waals surface area contributed by atoms with Gasteiger partial charge in [-0.2, -0.15) is 0 Å². The van der Waals surface area contributed by atoms with Crippen molar-refractivity contribution in [3.8, 4) is 0 Å². The second kappa shape index (κ2) is 4.11. The molecule has 0 N–H and O–H groups in total. The van der Waals surface area contributed by atoms with Crippen molar-refractivity contribution in [1.82, 2.24) is 0 Å². The van der Waals surface area contributed by atoms with Gasteiger partial charge in [0, 0.05) is 5.41 Å². The van der Waals surface area contributed by atoms with Crippen LogP contribution < -0.4 is 0 Å². The maximum Gasteiger partial charge on any atom is 0.311 e. The molecule has 3 nitrogen and oxygen atoms in total. The minimum absolute atomic E-state index is 0.0601. The first-order valence-corrected chi connectivity index (χ1v) is 4.75. The van der Waals surface area contributed by atoms with E-state index in [4.69, 9.17) is 4.74 Å². The number of hydrogen-bond acceptors (Lipinski definition) is 3. The zero-order valence-corrected chi connectivity index (χ0v) is 9.93. The third-order valence-electron chi connectivity index (χ3n) is 1.78. The molecule has 0 aliphatic carbocycles. The molecule has 0 fully saturated rings. The summed E-state index contributed by atoms with van der Waals surface area (Å²) in [6, 6.07) is 0. The Balaban J connectivity index is 4.10. The molecule has 0 aromatic rings. The van der Waals surface area contributed by atoms with Crippen molar-refractivity contribution >= 4 is 11.8 Å². The van der Waals surface area contributed by atoms with Gasteiger partial charge < -0.3 is 4.74 Å². The first kappa shape index (κ1) is 13.1. The SMILES string of the molecule is CC(C)(C)C(=O)COC(=O)C(C)(C)C. The number of rotatable bonds is 2. The summed E-state index contributed by atoms with van der Waals surface area (Å²) in [7, 11) is 0. The fraction of sp³-hybridized carbons (Fsp3) is 0.818. The first-order valence-electron chi connectivity index (χ1n) is 4.75. The van der Waals surface area contributed by atoms with Crippen molar-refractivity contribution in [2.75, 3.05) is 6.61 Å². The second-order valence-electron chi connectivity index (χ2n) is 5.50. The predicted octanol–water partition coefficient (Wildman–Crippen LogP) is 2.19. The Bertz CT molecular complexity index is 202. The van der Waals surface area contributed by atoms with Crippen molar-refractivity contribution in [3.63, 3.8) is 0 Å². The van der Waals surface area contributed by atoms with Gasteiger partial charge in [-0.05, 0) is 20.8 Å². The van der Waals surface area contributed by atoms with Gasteiger partial charge in [0.1, 0.15) is 0 Å². The lowest BCUT2D eigenvalue weighted by Gasteiger charge is -2.20. The Morgan fingerprint density at radius 3 is 1.64 bits per heavy atom. The monoisotopic (exact) mass is 200 g/mol. The molecule has 0 amide bonds. The fourth-order valence-corrected chi connectivity index (χ4v) is 0.564. The molecule has 0 saturated carbocycles. The molecular weight excluding hydrogens is 180 g/mol. The van der Waals surface area contributed by atoms with Crippen LogP contribution in [-0.2, 0) is 14.3 Å². The van der Waals surface area contributed by atoms with Crippen LogP contribution in [0.1, 0.15) is 41.5 Å². The molecule has 0 spiro atoms. The summed E-state index contributed by atoms with van der Waals surface area (Å²) in [6.45, 7) is 10.6. The summed E-state index contributed by atoms with van der Waals surface area (Å²) in [6.07, 6.45) is 0. The van der Waals surface area contributed by atoms with E-state index in [-0.39, 0.29) is 18.4 Å². The second-order valence-corrected chi connectivity index (χ2v) is 5.50. The van der Waals surface area contributed by atoms with Crippen molar-refractivity contribution < 1.29 is 14.3 Å². The molecule has 3 heteroatoms. The summed E-state index contributed by atoms with van der Waals surface area (Å²) in [5.74, 6) is -0.398. The standard InChI is InChI=1S/C11H20O3/c1-10(2,3)8(12)7-14-9(13)11(4,5)6/h7H2,1-6H3. The number of ketones is 1. The van der Waals surface area contributed by atoms with Crippen LogP contribution in [0.2, 0.25) is 0 Å². The van der Waals surface area contributed by atoms with Gasteiger partial charge in [-0.1, -0.05) is 20.8 Å². The Hall–Kier alpha value is -0.860. The van der Waals surface area contributed by atoms with E-state index in [1.54, 1.807) is 41.5 Å². The van der Waals surface area contributed by atoms with E-state index in [0.717, 1.165) is 0 Å².